The lowest BCUT2D eigenvalue weighted by atomic mass is 10.0. The molecule has 0 spiro atoms. The van der Waals surface area contributed by atoms with Gasteiger partial charge in [-0.15, -0.1) is 0 Å². The summed E-state index contributed by atoms with van der Waals surface area (Å²) in [6.45, 7) is 7.98. The summed E-state index contributed by atoms with van der Waals surface area (Å²) in [5, 5.41) is 3.73. The standard InChI is InChI=1S/C15H25N3.C13H17Cl2NO/c16-10-8-15(18-11-9-14(17)12-18)7-6-13-4-2-1-3-5-13;1-9(2)4-3-7-16-13(17)10-5-6-11(14)12(15)8-10/h1-5,14-15H,6-12,16-17H2;5-6,8-9H,3-4,7H2,1-2H3,(H,16,17). The van der Waals surface area contributed by atoms with Crippen molar-refractivity contribution in [3.63, 3.8) is 0 Å². The molecule has 2 unspecified atom stereocenters. The van der Waals surface area contributed by atoms with Crippen molar-refractivity contribution in [3.8, 4) is 0 Å². The predicted octanol–water partition coefficient (Wildman–Crippen LogP) is 5.53. The van der Waals surface area contributed by atoms with Crippen LogP contribution in [0.3, 0.4) is 0 Å². The van der Waals surface area contributed by atoms with Gasteiger partial charge in [0.1, 0.15) is 0 Å². The van der Waals surface area contributed by atoms with Crippen LogP contribution in [-0.4, -0.2) is 49.1 Å². The zero-order valence-electron chi connectivity index (χ0n) is 21.2. The van der Waals surface area contributed by atoms with Crippen molar-refractivity contribution < 1.29 is 4.79 Å². The summed E-state index contributed by atoms with van der Waals surface area (Å²) < 4.78 is 0. The Morgan fingerprint density at radius 2 is 1.83 bits per heavy atom. The first kappa shape index (κ1) is 29.6. The van der Waals surface area contributed by atoms with Crippen LogP contribution in [-0.2, 0) is 6.42 Å². The molecule has 35 heavy (non-hydrogen) atoms. The van der Waals surface area contributed by atoms with Crippen LogP contribution in [0.5, 0.6) is 0 Å². The SMILES string of the molecule is CC(C)CCCNC(=O)c1ccc(Cl)c(Cl)c1.NCCC(CCc1ccccc1)N1CCC(N)C1. The monoisotopic (exact) mass is 520 g/mol. The molecular weight excluding hydrogens is 479 g/mol. The van der Waals surface area contributed by atoms with Crippen LogP contribution in [0.15, 0.2) is 48.5 Å². The van der Waals surface area contributed by atoms with E-state index in [9.17, 15) is 4.79 Å². The molecule has 0 saturated carbocycles. The molecule has 0 radical (unpaired) electrons. The average Bonchev–Trinajstić information content (AvgIpc) is 3.28. The number of hydrogen-bond acceptors (Lipinski definition) is 4. The molecular formula is C28H42Cl2N4O. The number of aryl methyl sites for hydroxylation is 1. The number of nitrogens with one attached hydrogen (secondary N) is 1. The lowest BCUT2D eigenvalue weighted by Gasteiger charge is -2.27. The smallest absolute Gasteiger partial charge is 0.251 e. The molecule has 1 aliphatic heterocycles. The fraction of sp³-hybridized carbons (Fsp3) is 0.536. The summed E-state index contributed by atoms with van der Waals surface area (Å²) >= 11 is 11.6. The number of carbonyl (C=O) groups excluding carboxylic acids is 1. The summed E-state index contributed by atoms with van der Waals surface area (Å²) in [6.07, 6.45) is 6.64. The van der Waals surface area contributed by atoms with Crippen LogP contribution in [0.1, 0.15) is 61.9 Å². The molecule has 0 aliphatic carbocycles. The summed E-state index contributed by atoms with van der Waals surface area (Å²) in [5.74, 6) is 0.559. The maximum absolute atomic E-state index is 11.7. The molecule has 1 heterocycles. The molecule has 194 valence electrons. The van der Waals surface area contributed by atoms with Crippen LogP contribution in [0, 0.1) is 5.92 Å². The Morgan fingerprint density at radius 1 is 1.09 bits per heavy atom. The van der Waals surface area contributed by atoms with E-state index in [0.717, 1.165) is 51.7 Å². The van der Waals surface area contributed by atoms with Crippen molar-refractivity contribution in [2.45, 2.75) is 64.5 Å². The van der Waals surface area contributed by atoms with Gasteiger partial charge in [0.05, 0.1) is 10.0 Å². The first-order chi connectivity index (χ1) is 16.8. The summed E-state index contributed by atoms with van der Waals surface area (Å²) in [7, 11) is 0. The maximum Gasteiger partial charge on any atom is 0.251 e. The molecule has 3 rings (SSSR count). The van der Waals surface area contributed by atoms with E-state index in [0.29, 0.717) is 40.2 Å². The first-order valence-electron chi connectivity index (χ1n) is 12.8. The molecule has 5 nitrogen and oxygen atoms in total. The van der Waals surface area contributed by atoms with Crippen molar-refractivity contribution in [3.05, 3.63) is 69.7 Å². The molecule has 1 amide bonds. The van der Waals surface area contributed by atoms with Crippen LogP contribution in [0.4, 0.5) is 0 Å². The number of hydrogen-bond donors (Lipinski definition) is 3. The van der Waals surface area contributed by atoms with E-state index in [1.54, 1.807) is 18.2 Å². The molecule has 1 fully saturated rings. The van der Waals surface area contributed by atoms with Crippen molar-refractivity contribution in [1.29, 1.82) is 0 Å². The van der Waals surface area contributed by atoms with E-state index in [1.807, 2.05) is 0 Å². The molecule has 2 atom stereocenters. The van der Waals surface area contributed by atoms with Gasteiger partial charge in [0.2, 0.25) is 0 Å². The van der Waals surface area contributed by atoms with E-state index in [2.05, 4.69) is 54.4 Å². The third-order valence-electron chi connectivity index (χ3n) is 6.31. The number of nitrogens with two attached hydrogens (primary N) is 2. The Balaban J connectivity index is 0.000000247. The summed E-state index contributed by atoms with van der Waals surface area (Å²) in [5.41, 5.74) is 13.7. The highest BCUT2D eigenvalue weighted by atomic mass is 35.5. The summed E-state index contributed by atoms with van der Waals surface area (Å²) in [4.78, 5) is 14.3. The van der Waals surface area contributed by atoms with Gasteiger partial charge in [-0.25, -0.2) is 0 Å². The average molecular weight is 522 g/mol. The fourth-order valence-electron chi connectivity index (χ4n) is 4.28. The van der Waals surface area contributed by atoms with Gasteiger partial charge in [-0.3, -0.25) is 9.69 Å². The van der Waals surface area contributed by atoms with E-state index in [-0.39, 0.29) is 5.91 Å². The van der Waals surface area contributed by atoms with Crippen LogP contribution >= 0.6 is 23.2 Å². The zero-order valence-corrected chi connectivity index (χ0v) is 22.7. The fourth-order valence-corrected chi connectivity index (χ4v) is 4.58. The van der Waals surface area contributed by atoms with E-state index in [1.165, 1.54) is 12.0 Å². The molecule has 0 bridgehead atoms. The Morgan fingerprint density at radius 3 is 2.43 bits per heavy atom. The highest BCUT2D eigenvalue weighted by Crippen LogP contribution is 2.22. The Labute approximate surface area is 221 Å². The number of nitrogens with zero attached hydrogens (tertiary/aromatic N) is 1. The number of halogens is 2. The van der Waals surface area contributed by atoms with Crippen LogP contribution in [0.2, 0.25) is 10.0 Å². The van der Waals surface area contributed by atoms with Gasteiger partial charge < -0.3 is 16.8 Å². The van der Waals surface area contributed by atoms with Crippen LogP contribution in [0.25, 0.3) is 0 Å². The topological polar surface area (TPSA) is 84.4 Å². The zero-order chi connectivity index (χ0) is 25.6. The minimum atomic E-state index is -0.104. The molecule has 1 aliphatic rings. The minimum absolute atomic E-state index is 0.104. The maximum atomic E-state index is 11.7. The lowest BCUT2D eigenvalue weighted by molar-refractivity contribution is 0.0952. The molecule has 1 saturated heterocycles. The van der Waals surface area contributed by atoms with Crippen molar-refractivity contribution in [1.82, 2.24) is 10.2 Å². The molecule has 0 aromatic heterocycles. The second kappa shape index (κ2) is 16.2. The quantitative estimate of drug-likeness (QED) is 0.340. The second-order valence-corrected chi connectivity index (χ2v) is 10.5. The van der Waals surface area contributed by atoms with Gasteiger partial charge in [-0.05, 0) is 74.8 Å². The van der Waals surface area contributed by atoms with Crippen molar-refractivity contribution in [2.75, 3.05) is 26.2 Å². The minimum Gasteiger partial charge on any atom is -0.352 e. The number of rotatable bonds is 11. The van der Waals surface area contributed by atoms with Crippen molar-refractivity contribution >= 4 is 29.1 Å². The van der Waals surface area contributed by atoms with Gasteiger partial charge in [0.15, 0.2) is 0 Å². The number of amides is 1. The van der Waals surface area contributed by atoms with E-state index >= 15 is 0 Å². The normalized spacial score (nSPS) is 16.6. The number of carbonyl (C=O) groups is 1. The lowest BCUT2D eigenvalue weighted by Crippen LogP contribution is -2.37. The Hall–Kier alpha value is -1.63. The Kier molecular flexibility index (Phi) is 13.7. The molecule has 5 N–H and O–H groups in total. The first-order valence-corrected chi connectivity index (χ1v) is 13.5. The van der Waals surface area contributed by atoms with Gasteiger partial charge in [-0.2, -0.15) is 0 Å². The van der Waals surface area contributed by atoms with Crippen molar-refractivity contribution in [2.24, 2.45) is 17.4 Å². The highest BCUT2D eigenvalue weighted by Gasteiger charge is 2.25. The largest absolute Gasteiger partial charge is 0.352 e. The van der Waals surface area contributed by atoms with Gasteiger partial charge in [0.25, 0.3) is 5.91 Å². The van der Waals surface area contributed by atoms with Crippen LogP contribution < -0.4 is 16.8 Å². The Bertz CT molecular complexity index is 879. The van der Waals surface area contributed by atoms with Gasteiger partial charge in [0, 0.05) is 37.3 Å². The van der Waals surface area contributed by atoms with E-state index in [4.69, 9.17) is 34.7 Å². The predicted molar refractivity (Wildman–Crippen MR) is 149 cm³/mol. The second-order valence-electron chi connectivity index (χ2n) is 9.72. The number of likely N-dealkylation sites (tertiary alicyclic amines) is 1. The highest BCUT2D eigenvalue weighted by molar-refractivity contribution is 6.42. The third-order valence-corrected chi connectivity index (χ3v) is 7.05. The number of benzene rings is 2. The summed E-state index contributed by atoms with van der Waals surface area (Å²) in [6, 6.07) is 16.6. The molecule has 7 heteroatoms. The van der Waals surface area contributed by atoms with Gasteiger partial charge in [-0.1, -0.05) is 67.4 Å². The molecule has 2 aromatic carbocycles. The van der Waals surface area contributed by atoms with E-state index < -0.39 is 0 Å². The third kappa shape index (κ3) is 11.3. The van der Waals surface area contributed by atoms with Gasteiger partial charge >= 0.3 is 0 Å². The molecule has 2 aromatic rings.